The molecule has 0 saturated heterocycles. The lowest BCUT2D eigenvalue weighted by atomic mass is 10.2. The zero-order valence-corrected chi connectivity index (χ0v) is 11.8. The van der Waals surface area contributed by atoms with E-state index in [1.54, 1.807) is 18.2 Å². The van der Waals surface area contributed by atoms with Gasteiger partial charge in [0.25, 0.3) is 5.91 Å². The highest BCUT2D eigenvalue weighted by Crippen LogP contribution is 2.27. The minimum absolute atomic E-state index is 0.122. The third-order valence-corrected chi connectivity index (χ3v) is 3.47. The van der Waals surface area contributed by atoms with Gasteiger partial charge in [-0.15, -0.1) is 0 Å². The van der Waals surface area contributed by atoms with Gasteiger partial charge in [-0.3, -0.25) is 4.79 Å². The second-order valence-electron chi connectivity index (χ2n) is 4.20. The Balaban J connectivity index is 1.93. The highest BCUT2D eigenvalue weighted by atomic mass is 79.9. The third-order valence-electron chi connectivity index (χ3n) is 2.84. The van der Waals surface area contributed by atoms with E-state index in [4.69, 9.17) is 4.42 Å². The standard InChI is InChI=1S/C15H9BrFNO2/c16-10-5-3-4-9-8-13(20-14(9)10)15(19)18-12-7-2-1-6-11(12)17/h1-8H,(H,18,19). The van der Waals surface area contributed by atoms with Crippen LogP contribution in [0, 0.1) is 5.82 Å². The zero-order chi connectivity index (χ0) is 14.1. The molecule has 1 heterocycles. The molecule has 20 heavy (non-hydrogen) atoms. The molecule has 0 atom stereocenters. The summed E-state index contributed by atoms with van der Waals surface area (Å²) in [7, 11) is 0. The maximum atomic E-state index is 13.5. The molecular formula is C15H9BrFNO2. The smallest absolute Gasteiger partial charge is 0.291 e. The minimum atomic E-state index is -0.488. The third kappa shape index (κ3) is 2.32. The van der Waals surface area contributed by atoms with Crippen LogP contribution < -0.4 is 5.32 Å². The van der Waals surface area contributed by atoms with Crippen LogP contribution in [0.2, 0.25) is 0 Å². The number of para-hydroxylation sites is 2. The molecule has 1 amide bonds. The normalized spacial score (nSPS) is 10.7. The van der Waals surface area contributed by atoms with Crippen LogP contribution in [0.5, 0.6) is 0 Å². The summed E-state index contributed by atoms with van der Waals surface area (Å²) in [5, 5.41) is 3.29. The zero-order valence-electron chi connectivity index (χ0n) is 10.2. The lowest BCUT2D eigenvalue weighted by Crippen LogP contribution is -2.11. The van der Waals surface area contributed by atoms with Gasteiger partial charge in [-0.05, 0) is 40.2 Å². The van der Waals surface area contributed by atoms with Gasteiger partial charge in [-0.1, -0.05) is 24.3 Å². The van der Waals surface area contributed by atoms with E-state index < -0.39 is 11.7 Å². The molecule has 2 aromatic carbocycles. The van der Waals surface area contributed by atoms with Gasteiger partial charge < -0.3 is 9.73 Å². The number of carbonyl (C=O) groups excluding carboxylic acids is 1. The van der Waals surface area contributed by atoms with Gasteiger partial charge in [-0.25, -0.2) is 4.39 Å². The summed E-state index contributed by atoms with van der Waals surface area (Å²) in [6.45, 7) is 0. The summed E-state index contributed by atoms with van der Waals surface area (Å²) in [4.78, 5) is 12.1. The van der Waals surface area contributed by atoms with Gasteiger partial charge in [0.05, 0.1) is 10.2 Å². The molecule has 5 heteroatoms. The van der Waals surface area contributed by atoms with Crippen molar-refractivity contribution in [2.45, 2.75) is 0 Å². The lowest BCUT2D eigenvalue weighted by Gasteiger charge is -2.03. The number of carbonyl (C=O) groups is 1. The van der Waals surface area contributed by atoms with Crippen LogP contribution in [0.25, 0.3) is 11.0 Å². The van der Waals surface area contributed by atoms with E-state index in [-0.39, 0.29) is 11.4 Å². The number of fused-ring (bicyclic) bond motifs is 1. The van der Waals surface area contributed by atoms with Gasteiger partial charge in [0.1, 0.15) is 11.4 Å². The fraction of sp³-hybridized carbons (Fsp3) is 0. The van der Waals surface area contributed by atoms with Crippen LogP contribution in [-0.4, -0.2) is 5.91 Å². The summed E-state index contributed by atoms with van der Waals surface area (Å²) < 4.78 is 19.7. The second kappa shape index (κ2) is 5.09. The maximum absolute atomic E-state index is 13.5. The number of rotatable bonds is 2. The number of halogens is 2. The lowest BCUT2D eigenvalue weighted by molar-refractivity contribution is 0.0998. The van der Waals surface area contributed by atoms with Crippen LogP contribution in [0.1, 0.15) is 10.6 Å². The quantitative estimate of drug-likeness (QED) is 0.745. The Bertz CT molecular complexity index is 797. The van der Waals surface area contributed by atoms with Crippen molar-refractivity contribution in [2.24, 2.45) is 0 Å². The van der Waals surface area contributed by atoms with E-state index >= 15 is 0 Å². The summed E-state index contributed by atoms with van der Waals surface area (Å²) in [6.07, 6.45) is 0. The number of hydrogen-bond acceptors (Lipinski definition) is 2. The van der Waals surface area contributed by atoms with Crippen molar-refractivity contribution in [1.82, 2.24) is 0 Å². The van der Waals surface area contributed by atoms with Crippen LogP contribution >= 0.6 is 15.9 Å². The molecule has 0 aliphatic rings. The molecule has 100 valence electrons. The van der Waals surface area contributed by atoms with Crippen molar-refractivity contribution >= 4 is 38.5 Å². The molecule has 0 aliphatic heterocycles. The van der Waals surface area contributed by atoms with Crippen LogP contribution in [0.4, 0.5) is 10.1 Å². The van der Waals surface area contributed by atoms with Gasteiger partial charge in [0.15, 0.2) is 5.76 Å². The van der Waals surface area contributed by atoms with Crippen LogP contribution in [-0.2, 0) is 0 Å². The molecule has 0 radical (unpaired) electrons. The first-order valence-corrected chi connectivity index (χ1v) is 6.68. The fourth-order valence-corrected chi connectivity index (χ4v) is 2.35. The fourth-order valence-electron chi connectivity index (χ4n) is 1.89. The van der Waals surface area contributed by atoms with E-state index in [0.29, 0.717) is 5.58 Å². The summed E-state index contributed by atoms with van der Waals surface area (Å²) >= 11 is 3.35. The first-order valence-electron chi connectivity index (χ1n) is 5.89. The number of amides is 1. The molecule has 0 aliphatic carbocycles. The van der Waals surface area contributed by atoms with E-state index in [1.165, 1.54) is 12.1 Å². The molecule has 0 saturated carbocycles. The van der Waals surface area contributed by atoms with Crippen molar-refractivity contribution in [3.8, 4) is 0 Å². The van der Waals surface area contributed by atoms with Crippen LogP contribution in [0.15, 0.2) is 57.4 Å². The Morgan fingerprint density at radius 2 is 1.95 bits per heavy atom. The SMILES string of the molecule is O=C(Nc1ccccc1F)c1cc2cccc(Br)c2o1. The Morgan fingerprint density at radius 1 is 1.15 bits per heavy atom. The van der Waals surface area contributed by atoms with Gasteiger partial charge in [-0.2, -0.15) is 0 Å². The van der Waals surface area contributed by atoms with E-state index in [2.05, 4.69) is 21.2 Å². The van der Waals surface area contributed by atoms with Crippen molar-refractivity contribution in [3.63, 3.8) is 0 Å². The Hall–Kier alpha value is -2.14. The van der Waals surface area contributed by atoms with Crippen molar-refractivity contribution < 1.29 is 13.6 Å². The molecular weight excluding hydrogens is 325 g/mol. The predicted octanol–water partition coefficient (Wildman–Crippen LogP) is 4.59. The number of anilines is 1. The average molecular weight is 334 g/mol. The molecule has 1 aromatic heterocycles. The Kier molecular flexibility index (Phi) is 3.28. The van der Waals surface area contributed by atoms with Crippen molar-refractivity contribution in [1.29, 1.82) is 0 Å². The molecule has 3 aromatic rings. The Morgan fingerprint density at radius 3 is 2.70 bits per heavy atom. The summed E-state index contributed by atoms with van der Waals surface area (Å²) in [5.41, 5.74) is 0.711. The molecule has 3 rings (SSSR count). The van der Waals surface area contributed by atoms with E-state index in [0.717, 1.165) is 9.86 Å². The number of hydrogen-bond donors (Lipinski definition) is 1. The highest BCUT2D eigenvalue weighted by molar-refractivity contribution is 9.10. The van der Waals surface area contributed by atoms with Gasteiger partial charge in [0.2, 0.25) is 0 Å². The highest BCUT2D eigenvalue weighted by Gasteiger charge is 2.15. The van der Waals surface area contributed by atoms with Gasteiger partial charge >= 0.3 is 0 Å². The number of nitrogens with one attached hydrogen (secondary N) is 1. The van der Waals surface area contributed by atoms with Gasteiger partial charge in [0, 0.05) is 5.39 Å². The van der Waals surface area contributed by atoms with Crippen molar-refractivity contribution in [3.05, 3.63) is 64.6 Å². The average Bonchev–Trinajstić information content (AvgIpc) is 2.87. The van der Waals surface area contributed by atoms with E-state index in [9.17, 15) is 9.18 Å². The second-order valence-corrected chi connectivity index (χ2v) is 5.06. The number of benzene rings is 2. The minimum Gasteiger partial charge on any atom is -0.450 e. The van der Waals surface area contributed by atoms with E-state index in [1.807, 2.05) is 18.2 Å². The summed E-state index contributed by atoms with van der Waals surface area (Å²) in [5.74, 6) is -0.841. The first kappa shape index (κ1) is 12.9. The molecule has 0 spiro atoms. The summed E-state index contributed by atoms with van der Waals surface area (Å²) in [6, 6.07) is 13.1. The maximum Gasteiger partial charge on any atom is 0.291 e. The van der Waals surface area contributed by atoms with Crippen LogP contribution in [0.3, 0.4) is 0 Å². The Labute approximate surface area is 122 Å². The number of furan rings is 1. The molecule has 0 unspecified atom stereocenters. The molecule has 0 bridgehead atoms. The monoisotopic (exact) mass is 333 g/mol. The molecule has 3 nitrogen and oxygen atoms in total. The van der Waals surface area contributed by atoms with Crippen molar-refractivity contribution in [2.75, 3.05) is 5.32 Å². The molecule has 1 N–H and O–H groups in total. The topological polar surface area (TPSA) is 42.2 Å². The first-order chi connectivity index (χ1) is 9.65. The molecule has 0 fully saturated rings. The largest absolute Gasteiger partial charge is 0.450 e. The predicted molar refractivity (Wildman–Crippen MR) is 78.3 cm³/mol.